The molecule has 1 unspecified atom stereocenters. The molecule has 1 rings (SSSR count). The van der Waals surface area contributed by atoms with Crippen molar-refractivity contribution in [2.24, 2.45) is 5.16 Å². The molecule has 1 aromatic rings. The van der Waals surface area contributed by atoms with E-state index in [9.17, 15) is 0 Å². The summed E-state index contributed by atoms with van der Waals surface area (Å²) in [7, 11) is 2.68. The summed E-state index contributed by atoms with van der Waals surface area (Å²) < 4.78 is 12.2. The van der Waals surface area contributed by atoms with E-state index in [2.05, 4.69) is 5.16 Å². The maximum Gasteiger partial charge on any atom is 0.209 e. The number of nitrogens with zero attached hydrogens (tertiary/aromatic N) is 1. The van der Waals surface area contributed by atoms with Gasteiger partial charge in [0.1, 0.15) is 7.11 Å². The average Bonchev–Trinajstić information content (AvgIpc) is 2.49. The maximum atomic E-state index is 6.93. The Morgan fingerprint density at radius 2 is 2.30 bits per heavy atom. The van der Waals surface area contributed by atoms with Gasteiger partial charge in [-0.25, -0.2) is 0 Å². The molecule has 1 atom stereocenters. The zero-order valence-corrected chi connectivity index (χ0v) is 13.8. The van der Waals surface area contributed by atoms with Gasteiger partial charge in [0.2, 0.25) is 7.09 Å². The van der Waals surface area contributed by atoms with E-state index < -0.39 is 0 Å². The molecule has 0 spiro atoms. The SMILES string of the molecule is [3H][B]SOCCC(/C(CC)=N/OC)c1ccc(Cl)c(Cl)c1. The molecule has 20 heavy (non-hydrogen) atoms. The Balaban J connectivity index is 2.93. The van der Waals surface area contributed by atoms with Gasteiger partial charge in [-0.15, -0.1) is 0 Å². The Hall–Kier alpha value is -0.355. The van der Waals surface area contributed by atoms with Gasteiger partial charge in [-0.2, -0.15) is 0 Å². The van der Waals surface area contributed by atoms with Crippen LogP contribution in [-0.2, 0) is 9.02 Å². The second kappa shape index (κ2) is 9.56. The van der Waals surface area contributed by atoms with Gasteiger partial charge in [0.25, 0.3) is 0 Å². The molecular weight excluding hydrogens is 316 g/mol. The summed E-state index contributed by atoms with van der Waals surface area (Å²) >= 11 is 13.1. The standard InChI is InChI=1S/C13H17BCl2NO2S/c1-3-13(17-18-2)10(6-7-19-20-14)9-4-5-11(15)12(16)8-9/h4-5,8,10,14H,3,6-7H2,1-2H3/b17-13+/i14T. The van der Waals surface area contributed by atoms with Gasteiger partial charge in [0.15, 0.2) is 0 Å². The molecule has 0 N–H and O–H groups in total. The molecule has 0 saturated heterocycles. The van der Waals surface area contributed by atoms with Gasteiger partial charge < -0.3 is 9.02 Å². The summed E-state index contributed by atoms with van der Waals surface area (Å²) in [4.78, 5) is 4.93. The highest BCUT2D eigenvalue weighted by atomic mass is 35.5. The minimum atomic E-state index is 0.0380. The van der Waals surface area contributed by atoms with Crippen LogP contribution in [0.3, 0.4) is 0 Å². The Bertz CT molecular complexity index is 479. The predicted molar refractivity (Wildman–Crippen MR) is 89.2 cm³/mol. The van der Waals surface area contributed by atoms with Crippen LogP contribution < -0.4 is 0 Å². The van der Waals surface area contributed by atoms with E-state index in [1.807, 2.05) is 19.1 Å². The second-order valence-electron chi connectivity index (χ2n) is 4.05. The normalized spacial score (nSPS) is 13.8. The lowest BCUT2D eigenvalue weighted by Crippen LogP contribution is -2.14. The fourth-order valence-electron chi connectivity index (χ4n) is 1.96. The summed E-state index contributed by atoms with van der Waals surface area (Å²) in [6.07, 6.45) is 1.48. The van der Waals surface area contributed by atoms with Crippen molar-refractivity contribution in [1.29, 1.82) is 1.34 Å². The molecule has 0 aromatic heterocycles. The van der Waals surface area contributed by atoms with E-state index >= 15 is 0 Å². The Labute approximate surface area is 136 Å². The zero-order valence-electron chi connectivity index (χ0n) is 12.4. The van der Waals surface area contributed by atoms with Gasteiger partial charge in [-0.05, 0) is 31.9 Å². The molecule has 1 aromatic carbocycles. The second-order valence-corrected chi connectivity index (χ2v) is 5.29. The third kappa shape index (κ3) is 5.21. The van der Waals surface area contributed by atoms with Crippen molar-refractivity contribution in [3.63, 3.8) is 0 Å². The van der Waals surface area contributed by atoms with Gasteiger partial charge in [-0.3, -0.25) is 0 Å². The number of rotatable bonds is 9. The molecule has 0 heterocycles. The van der Waals surface area contributed by atoms with Gasteiger partial charge in [-0.1, -0.05) is 53.2 Å². The van der Waals surface area contributed by atoms with Crippen LogP contribution in [0.5, 0.6) is 0 Å². The fourth-order valence-corrected chi connectivity index (χ4v) is 2.46. The van der Waals surface area contributed by atoms with Crippen LogP contribution in [0.15, 0.2) is 23.4 Å². The predicted octanol–water partition coefficient (Wildman–Crippen LogP) is 4.36. The van der Waals surface area contributed by atoms with Crippen LogP contribution in [0.4, 0.5) is 0 Å². The van der Waals surface area contributed by atoms with Crippen LogP contribution >= 0.6 is 35.1 Å². The lowest BCUT2D eigenvalue weighted by molar-refractivity contribution is 0.210. The van der Waals surface area contributed by atoms with Gasteiger partial charge in [0, 0.05) is 5.92 Å². The van der Waals surface area contributed by atoms with Crippen molar-refractivity contribution in [2.75, 3.05) is 13.7 Å². The van der Waals surface area contributed by atoms with E-state index in [4.69, 9.17) is 33.6 Å². The van der Waals surface area contributed by atoms with Crippen molar-refractivity contribution in [2.45, 2.75) is 25.7 Å². The first kappa shape index (κ1) is 16.0. The summed E-state index contributed by atoms with van der Waals surface area (Å²) in [5.74, 6) is 0.0380. The van der Waals surface area contributed by atoms with E-state index in [1.54, 1.807) is 6.07 Å². The quantitative estimate of drug-likeness (QED) is 0.221. The minimum Gasteiger partial charge on any atom is -0.399 e. The highest BCUT2D eigenvalue weighted by Crippen LogP contribution is 2.30. The van der Waals surface area contributed by atoms with Crippen molar-refractivity contribution in [3.05, 3.63) is 33.8 Å². The Kier molecular flexibility index (Phi) is 7.66. The van der Waals surface area contributed by atoms with E-state index in [-0.39, 0.29) is 5.92 Å². The Morgan fingerprint density at radius 3 is 2.90 bits per heavy atom. The summed E-state index contributed by atoms with van der Waals surface area (Å²) in [6.45, 7) is 2.52. The number of hydrogen-bond donors (Lipinski definition) is 0. The van der Waals surface area contributed by atoms with Crippen LogP contribution in [0.2, 0.25) is 10.0 Å². The molecular formula is C13H17BCl2NO2S. The summed E-state index contributed by atoms with van der Waals surface area (Å²) in [5, 5.41) is 5.14. The first-order chi connectivity index (χ1) is 10.1. The lowest BCUT2D eigenvalue weighted by Gasteiger charge is -2.19. The fraction of sp³-hybridized carbons (Fsp3) is 0.462. The average molecular weight is 335 g/mol. The molecule has 7 heteroatoms. The number of oxime groups is 1. The lowest BCUT2D eigenvalue weighted by atomic mass is 9.90. The first-order valence-corrected chi connectivity index (χ1v) is 7.73. The van der Waals surface area contributed by atoms with Crippen molar-refractivity contribution in [1.82, 2.24) is 0 Å². The smallest absolute Gasteiger partial charge is 0.209 e. The topological polar surface area (TPSA) is 30.8 Å². The zero-order chi connectivity index (χ0) is 15.7. The molecule has 3 nitrogen and oxygen atoms in total. The van der Waals surface area contributed by atoms with Crippen molar-refractivity contribution in [3.8, 4) is 0 Å². The highest BCUT2D eigenvalue weighted by Gasteiger charge is 2.19. The first-order valence-electron chi connectivity index (χ1n) is 6.75. The summed E-state index contributed by atoms with van der Waals surface area (Å²) in [6, 6.07) is 5.56. The van der Waals surface area contributed by atoms with Crippen molar-refractivity contribution < 1.29 is 9.02 Å². The third-order valence-electron chi connectivity index (χ3n) is 2.88. The van der Waals surface area contributed by atoms with Crippen molar-refractivity contribution >= 4 is 47.9 Å². The monoisotopic (exact) mass is 334 g/mol. The molecule has 109 valence electrons. The molecule has 0 fully saturated rings. The van der Waals surface area contributed by atoms with Crippen LogP contribution in [0.1, 0.15) is 31.2 Å². The summed E-state index contributed by atoms with van der Waals surface area (Å²) in [5.41, 5.74) is 1.94. The van der Waals surface area contributed by atoms with Gasteiger partial charge in [0.05, 0.1) is 22.4 Å². The number of benzene rings is 1. The van der Waals surface area contributed by atoms with Crippen LogP contribution in [0.25, 0.3) is 0 Å². The molecule has 0 aliphatic rings. The molecule has 1 radical (unpaired) electrons. The number of halogens is 2. The Morgan fingerprint density at radius 1 is 1.50 bits per heavy atom. The largest absolute Gasteiger partial charge is 0.399 e. The number of hydrogen-bond acceptors (Lipinski definition) is 4. The van der Waals surface area contributed by atoms with E-state index in [0.29, 0.717) is 16.7 Å². The van der Waals surface area contributed by atoms with Crippen LogP contribution in [0, 0.1) is 0 Å². The molecule has 0 bridgehead atoms. The van der Waals surface area contributed by atoms with E-state index in [0.717, 1.165) is 43.1 Å². The highest BCUT2D eigenvalue weighted by molar-refractivity contribution is 8.15. The van der Waals surface area contributed by atoms with Crippen LogP contribution in [-0.4, -0.2) is 27.9 Å². The molecule has 0 amide bonds. The maximum absolute atomic E-state index is 6.93. The third-order valence-corrected chi connectivity index (χ3v) is 3.92. The molecule has 0 aliphatic carbocycles. The molecule has 0 aliphatic heterocycles. The van der Waals surface area contributed by atoms with E-state index in [1.165, 1.54) is 7.11 Å². The van der Waals surface area contributed by atoms with Gasteiger partial charge >= 0.3 is 0 Å². The minimum absolute atomic E-state index is 0.0380. The molecule has 0 saturated carbocycles.